The maximum Gasteiger partial charge on any atom is 0.241 e. The van der Waals surface area contributed by atoms with E-state index in [1.165, 1.54) is 0 Å². The fourth-order valence-electron chi connectivity index (χ4n) is 3.01. The number of likely N-dealkylation sites (N-methyl/N-ethyl adjacent to an activating group) is 1. The molecular formula is C18H29N3O2. The van der Waals surface area contributed by atoms with Gasteiger partial charge in [0.05, 0.1) is 12.6 Å². The summed E-state index contributed by atoms with van der Waals surface area (Å²) in [6, 6.07) is 7.48. The highest BCUT2D eigenvalue weighted by Crippen LogP contribution is 2.19. The maximum atomic E-state index is 12.7. The van der Waals surface area contributed by atoms with Crippen LogP contribution in [0.5, 0.6) is 5.75 Å². The quantitative estimate of drug-likeness (QED) is 0.874. The van der Waals surface area contributed by atoms with Crippen molar-refractivity contribution in [1.82, 2.24) is 9.80 Å². The standard InChI is InChI=1S/C18H29N3O2/c1-5-23-16-8-6-15(7-9-16)19-18(22)17(14(2)3)21-12-10-20(4)11-13-21/h6-9,14,17H,5,10-13H2,1-4H3,(H,19,22)/t17-/m0/s1. The number of benzene rings is 1. The van der Waals surface area contributed by atoms with Crippen LogP contribution >= 0.6 is 0 Å². The van der Waals surface area contributed by atoms with Crippen molar-refractivity contribution < 1.29 is 9.53 Å². The van der Waals surface area contributed by atoms with Crippen LogP contribution in [-0.2, 0) is 4.79 Å². The lowest BCUT2D eigenvalue weighted by atomic mass is 10.0. The van der Waals surface area contributed by atoms with Crippen molar-refractivity contribution in [3.05, 3.63) is 24.3 Å². The van der Waals surface area contributed by atoms with Crippen molar-refractivity contribution in [2.75, 3.05) is 45.2 Å². The van der Waals surface area contributed by atoms with Gasteiger partial charge in [-0.25, -0.2) is 0 Å². The lowest BCUT2D eigenvalue weighted by molar-refractivity contribution is -0.123. The fraction of sp³-hybridized carbons (Fsp3) is 0.611. The van der Waals surface area contributed by atoms with Crippen molar-refractivity contribution >= 4 is 11.6 Å². The molecule has 1 aliphatic rings. The summed E-state index contributed by atoms with van der Waals surface area (Å²) in [7, 11) is 2.13. The summed E-state index contributed by atoms with van der Waals surface area (Å²) in [5.74, 6) is 1.18. The molecule has 1 aromatic rings. The molecule has 23 heavy (non-hydrogen) atoms. The fourth-order valence-corrected chi connectivity index (χ4v) is 3.01. The summed E-state index contributed by atoms with van der Waals surface area (Å²) in [5.41, 5.74) is 0.818. The van der Waals surface area contributed by atoms with Gasteiger partial charge in [-0.05, 0) is 44.2 Å². The van der Waals surface area contributed by atoms with Gasteiger partial charge in [-0.1, -0.05) is 13.8 Å². The lowest BCUT2D eigenvalue weighted by Crippen LogP contribution is -2.54. The topological polar surface area (TPSA) is 44.8 Å². The van der Waals surface area contributed by atoms with Gasteiger partial charge in [0, 0.05) is 31.9 Å². The number of amides is 1. The summed E-state index contributed by atoms with van der Waals surface area (Å²) in [4.78, 5) is 17.4. The molecule has 0 aliphatic carbocycles. The first-order chi connectivity index (χ1) is 11.0. The van der Waals surface area contributed by atoms with Crippen molar-refractivity contribution in [3.8, 4) is 5.75 Å². The summed E-state index contributed by atoms with van der Waals surface area (Å²) >= 11 is 0. The molecule has 0 saturated carbocycles. The molecule has 0 unspecified atom stereocenters. The van der Waals surface area contributed by atoms with Gasteiger partial charge < -0.3 is 15.0 Å². The van der Waals surface area contributed by atoms with Gasteiger partial charge in [0.15, 0.2) is 0 Å². The number of carbonyl (C=O) groups excluding carboxylic acids is 1. The molecule has 1 aliphatic heterocycles. The Morgan fingerprint density at radius 2 is 1.78 bits per heavy atom. The molecule has 1 aromatic carbocycles. The van der Waals surface area contributed by atoms with E-state index in [1.807, 2.05) is 31.2 Å². The molecule has 0 spiro atoms. The molecule has 5 nitrogen and oxygen atoms in total. The van der Waals surface area contributed by atoms with Crippen molar-refractivity contribution in [1.29, 1.82) is 0 Å². The van der Waals surface area contributed by atoms with E-state index in [1.54, 1.807) is 0 Å². The third-order valence-electron chi connectivity index (χ3n) is 4.26. The molecule has 0 radical (unpaired) electrons. The molecule has 0 aromatic heterocycles. The minimum absolute atomic E-state index is 0.0775. The molecule has 1 fully saturated rings. The molecule has 1 N–H and O–H groups in total. The first kappa shape index (κ1) is 17.8. The summed E-state index contributed by atoms with van der Waals surface area (Å²) in [6.07, 6.45) is 0. The van der Waals surface area contributed by atoms with Gasteiger partial charge in [-0.15, -0.1) is 0 Å². The van der Waals surface area contributed by atoms with Crippen LogP contribution < -0.4 is 10.1 Å². The van der Waals surface area contributed by atoms with E-state index in [-0.39, 0.29) is 17.9 Å². The number of nitrogens with zero attached hydrogens (tertiary/aromatic N) is 2. The Morgan fingerprint density at radius 1 is 1.17 bits per heavy atom. The second-order valence-electron chi connectivity index (χ2n) is 6.47. The summed E-state index contributed by atoms with van der Waals surface area (Å²) in [5, 5.41) is 3.05. The maximum absolute atomic E-state index is 12.7. The molecular weight excluding hydrogens is 290 g/mol. The minimum atomic E-state index is -0.0877. The summed E-state index contributed by atoms with van der Waals surface area (Å²) < 4.78 is 5.43. The lowest BCUT2D eigenvalue weighted by Gasteiger charge is -2.38. The van der Waals surface area contributed by atoms with Gasteiger partial charge in [0.25, 0.3) is 0 Å². The number of hydrogen-bond donors (Lipinski definition) is 1. The second kappa shape index (κ2) is 8.31. The highest BCUT2D eigenvalue weighted by atomic mass is 16.5. The first-order valence-corrected chi connectivity index (χ1v) is 8.47. The zero-order chi connectivity index (χ0) is 16.8. The number of hydrogen-bond acceptors (Lipinski definition) is 4. The monoisotopic (exact) mass is 319 g/mol. The smallest absolute Gasteiger partial charge is 0.241 e. The number of rotatable bonds is 6. The number of carbonyl (C=O) groups is 1. The van der Waals surface area contributed by atoms with Crippen LogP contribution in [0.2, 0.25) is 0 Å². The number of piperazine rings is 1. The van der Waals surface area contributed by atoms with Crippen LogP contribution in [0.1, 0.15) is 20.8 Å². The highest BCUT2D eigenvalue weighted by Gasteiger charge is 2.30. The molecule has 1 atom stereocenters. The molecule has 2 rings (SSSR count). The highest BCUT2D eigenvalue weighted by molar-refractivity contribution is 5.95. The van der Waals surface area contributed by atoms with Gasteiger partial charge in [0.1, 0.15) is 5.75 Å². The van der Waals surface area contributed by atoms with Crippen LogP contribution in [0.25, 0.3) is 0 Å². The van der Waals surface area contributed by atoms with E-state index in [9.17, 15) is 4.79 Å². The Bertz CT molecular complexity index is 493. The van der Waals surface area contributed by atoms with Gasteiger partial charge in [0.2, 0.25) is 5.91 Å². The Morgan fingerprint density at radius 3 is 2.30 bits per heavy atom. The molecule has 1 heterocycles. The van der Waals surface area contributed by atoms with Crippen LogP contribution in [0, 0.1) is 5.92 Å². The van der Waals surface area contributed by atoms with E-state index < -0.39 is 0 Å². The predicted molar refractivity (Wildman–Crippen MR) is 93.9 cm³/mol. The van der Waals surface area contributed by atoms with Crippen molar-refractivity contribution in [2.24, 2.45) is 5.92 Å². The van der Waals surface area contributed by atoms with Gasteiger partial charge in [-0.2, -0.15) is 0 Å². The van der Waals surface area contributed by atoms with E-state index in [0.717, 1.165) is 37.6 Å². The Kier molecular flexibility index (Phi) is 6.42. The van der Waals surface area contributed by atoms with E-state index in [4.69, 9.17) is 4.74 Å². The average molecular weight is 319 g/mol. The minimum Gasteiger partial charge on any atom is -0.494 e. The third-order valence-corrected chi connectivity index (χ3v) is 4.26. The molecule has 1 amide bonds. The molecule has 128 valence electrons. The van der Waals surface area contributed by atoms with E-state index >= 15 is 0 Å². The van der Waals surface area contributed by atoms with Crippen LogP contribution in [0.3, 0.4) is 0 Å². The number of anilines is 1. The molecule has 5 heteroatoms. The first-order valence-electron chi connectivity index (χ1n) is 8.47. The largest absolute Gasteiger partial charge is 0.494 e. The number of nitrogens with one attached hydrogen (secondary N) is 1. The molecule has 0 bridgehead atoms. The van der Waals surface area contributed by atoms with Gasteiger partial charge >= 0.3 is 0 Å². The SMILES string of the molecule is CCOc1ccc(NC(=O)[C@H](C(C)C)N2CCN(C)CC2)cc1. The van der Waals surface area contributed by atoms with Crippen molar-refractivity contribution in [2.45, 2.75) is 26.8 Å². The van der Waals surface area contributed by atoms with Crippen LogP contribution in [0.4, 0.5) is 5.69 Å². The zero-order valence-corrected chi connectivity index (χ0v) is 14.7. The Labute approximate surface area is 139 Å². The Hall–Kier alpha value is -1.59. The third kappa shape index (κ3) is 4.94. The van der Waals surface area contributed by atoms with Gasteiger partial charge in [-0.3, -0.25) is 9.69 Å². The predicted octanol–water partition coefficient (Wildman–Crippen LogP) is 2.30. The second-order valence-corrected chi connectivity index (χ2v) is 6.47. The van der Waals surface area contributed by atoms with E-state index in [0.29, 0.717) is 6.61 Å². The Balaban J connectivity index is 2.00. The zero-order valence-electron chi connectivity index (χ0n) is 14.7. The van der Waals surface area contributed by atoms with Crippen LogP contribution in [-0.4, -0.2) is 61.6 Å². The average Bonchev–Trinajstić information content (AvgIpc) is 2.51. The van der Waals surface area contributed by atoms with Crippen molar-refractivity contribution in [3.63, 3.8) is 0 Å². The molecule has 1 saturated heterocycles. The van der Waals surface area contributed by atoms with E-state index in [2.05, 4.69) is 36.0 Å². The normalized spacial score (nSPS) is 18.0. The number of ether oxygens (including phenoxy) is 1. The summed E-state index contributed by atoms with van der Waals surface area (Å²) in [6.45, 7) is 10.7. The van der Waals surface area contributed by atoms with Crippen LogP contribution in [0.15, 0.2) is 24.3 Å².